The monoisotopic (exact) mass is 407 g/mol. The summed E-state index contributed by atoms with van der Waals surface area (Å²) in [5, 5.41) is 10.7. The van der Waals surface area contributed by atoms with Crippen LogP contribution < -0.4 is 0 Å². The van der Waals surface area contributed by atoms with Crippen LogP contribution in [0.15, 0.2) is 33.6 Å². The maximum Gasteiger partial charge on any atom is 0.433 e. The lowest BCUT2D eigenvalue weighted by atomic mass is 10.1. The third kappa shape index (κ3) is 3.65. The second kappa shape index (κ2) is 7.36. The number of carbonyl (C=O) groups excluding carboxylic acids is 1. The molecule has 9 nitrogen and oxygen atoms in total. The first-order valence-corrected chi connectivity index (χ1v) is 10.2. The van der Waals surface area contributed by atoms with E-state index in [2.05, 4.69) is 0 Å². The van der Waals surface area contributed by atoms with Crippen LogP contribution in [0.4, 0.5) is 5.88 Å². The van der Waals surface area contributed by atoms with Gasteiger partial charge >= 0.3 is 5.88 Å². The Kier molecular flexibility index (Phi) is 5.26. The second-order valence-electron chi connectivity index (χ2n) is 6.82. The number of furan rings is 1. The molecule has 2 aromatic rings. The summed E-state index contributed by atoms with van der Waals surface area (Å²) in [6, 6.07) is 6.05. The Labute approximate surface area is 162 Å². The standard InChI is InChI=1S/C18H21N3O6S/c1-12-10-13(2)17(14(3)11-12)28(25,26)20-8-6-19(7-9-20)18(22)15-4-5-16(27-15)21(23)24/h4-5,10-11H,6-9H2,1-3H3. The Hall–Kier alpha value is -2.72. The zero-order valence-electron chi connectivity index (χ0n) is 15.8. The molecule has 1 amide bonds. The summed E-state index contributed by atoms with van der Waals surface area (Å²) in [5.74, 6) is -1.13. The van der Waals surface area contributed by atoms with Crippen molar-refractivity contribution in [2.75, 3.05) is 26.2 Å². The molecule has 1 fully saturated rings. The molecule has 0 saturated carbocycles. The number of nitro groups is 1. The number of benzene rings is 1. The predicted octanol–water partition coefficient (Wildman–Crippen LogP) is 2.26. The number of carbonyl (C=O) groups is 1. The number of rotatable bonds is 4. The van der Waals surface area contributed by atoms with E-state index in [4.69, 9.17) is 4.42 Å². The van der Waals surface area contributed by atoms with E-state index in [-0.39, 0.29) is 31.9 Å². The minimum atomic E-state index is -3.68. The summed E-state index contributed by atoms with van der Waals surface area (Å²) in [6.45, 7) is 6.10. The van der Waals surface area contributed by atoms with Gasteiger partial charge in [-0.25, -0.2) is 8.42 Å². The lowest BCUT2D eigenvalue weighted by molar-refractivity contribution is -0.402. The van der Waals surface area contributed by atoms with Gasteiger partial charge in [0.1, 0.15) is 4.92 Å². The molecule has 1 aliphatic heterocycles. The topological polar surface area (TPSA) is 114 Å². The molecule has 150 valence electrons. The van der Waals surface area contributed by atoms with Crippen LogP contribution in [-0.2, 0) is 10.0 Å². The Balaban J connectivity index is 1.74. The van der Waals surface area contributed by atoms with Gasteiger partial charge in [0.2, 0.25) is 10.0 Å². The number of piperazine rings is 1. The van der Waals surface area contributed by atoms with Crippen LogP contribution >= 0.6 is 0 Å². The Morgan fingerprint density at radius 1 is 1.07 bits per heavy atom. The first kappa shape index (κ1) is 20.0. The smallest absolute Gasteiger partial charge is 0.395 e. The third-order valence-corrected chi connectivity index (χ3v) is 6.92. The van der Waals surface area contributed by atoms with Gasteiger partial charge in [0.05, 0.1) is 11.0 Å². The van der Waals surface area contributed by atoms with E-state index in [0.29, 0.717) is 16.0 Å². The van der Waals surface area contributed by atoms with Gasteiger partial charge in [-0.05, 0) is 38.0 Å². The van der Waals surface area contributed by atoms with Gasteiger partial charge in [-0.1, -0.05) is 17.7 Å². The molecule has 1 aromatic carbocycles. The van der Waals surface area contributed by atoms with Crippen LogP contribution in [0.5, 0.6) is 0 Å². The zero-order chi connectivity index (χ0) is 20.6. The van der Waals surface area contributed by atoms with Crippen LogP contribution in [0.1, 0.15) is 27.2 Å². The molecule has 0 unspecified atom stereocenters. The molecule has 1 aromatic heterocycles. The second-order valence-corrected chi connectivity index (χ2v) is 8.69. The molecule has 0 radical (unpaired) electrons. The summed E-state index contributed by atoms with van der Waals surface area (Å²) in [6.07, 6.45) is 0. The zero-order valence-corrected chi connectivity index (χ0v) is 16.7. The van der Waals surface area contributed by atoms with Crippen molar-refractivity contribution in [3.63, 3.8) is 0 Å². The maximum absolute atomic E-state index is 13.1. The molecule has 2 heterocycles. The lowest BCUT2D eigenvalue weighted by Gasteiger charge is -2.34. The Morgan fingerprint density at radius 2 is 1.64 bits per heavy atom. The highest BCUT2D eigenvalue weighted by Crippen LogP contribution is 2.26. The lowest BCUT2D eigenvalue weighted by Crippen LogP contribution is -2.50. The summed E-state index contributed by atoms with van der Waals surface area (Å²) in [5.41, 5.74) is 2.38. The van der Waals surface area contributed by atoms with Crippen molar-refractivity contribution in [1.29, 1.82) is 0 Å². The quantitative estimate of drug-likeness (QED) is 0.567. The van der Waals surface area contributed by atoms with E-state index in [0.717, 1.165) is 11.6 Å². The molecule has 1 aliphatic rings. The maximum atomic E-state index is 13.1. The molecule has 3 rings (SSSR count). The van der Waals surface area contributed by atoms with Crippen LogP contribution in [-0.4, -0.2) is 54.6 Å². The predicted molar refractivity (Wildman–Crippen MR) is 101 cm³/mol. The SMILES string of the molecule is Cc1cc(C)c(S(=O)(=O)N2CCN(C(=O)c3ccc([N+](=O)[O-])o3)CC2)c(C)c1. The van der Waals surface area contributed by atoms with Crippen molar-refractivity contribution in [1.82, 2.24) is 9.21 Å². The van der Waals surface area contributed by atoms with Crippen molar-refractivity contribution >= 4 is 21.8 Å². The molecule has 0 atom stereocenters. The number of hydrogen-bond donors (Lipinski definition) is 0. The van der Waals surface area contributed by atoms with E-state index in [1.807, 2.05) is 19.1 Å². The Bertz CT molecular complexity index is 1010. The fourth-order valence-electron chi connectivity index (χ4n) is 3.53. The van der Waals surface area contributed by atoms with E-state index >= 15 is 0 Å². The Morgan fingerprint density at radius 3 is 2.14 bits per heavy atom. The summed E-state index contributed by atoms with van der Waals surface area (Å²) in [4.78, 5) is 24.2. The molecule has 1 saturated heterocycles. The van der Waals surface area contributed by atoms with Crippen molar-refractivity contribution in [3.8, 4) is 0 Å². The average Bonchev–Trinajstić information content (AvgIpc) is 3.10. The van der Waals surface area contributed by atoms with Crippen molar-refractivity contribution in [2.45, 2.75) is 25.7 Å². The molecule has 28 heavy (non-hydrogen) atoms. The van der Waals surface area contributed by atoms with Gasteiger partial charge in [-0.15, -0.1) is 0 Å². The average molecular weight is 407 g/mol. The van der Waals surface area contributed by atoms with E-state index < -0.39 is 26.7 Å². The fraction of sp³-hybridized carbons (Fsp3) is 0.389. The van der Waals surface area contributed by atoms with Gasteiger partial charge in [0.25, 0.3) is 5.91 Å². The van der Waals surface area contributed by atoms with Gasteiger partial charge < -0.3 is 9.32 Å². The highest BCUT2D eigenvalue weighted by Gasteiger charge is 2.33. The van der Waals surface area contributed by atoms with Crippen molar-refractivity contribution in [2.24, 2.45) is 0 Å². The number of sulfonamides is 1. The van der Waals surface area contributed by atoms with Gasteiger partial charge in [0.15, 0.2) is 5.76 Å². The van der Waals surface area contributed by atoms with E-state index in [1.165, 1.54) is 15.3 Å². The third-order valence-electron chi connectivity index (χ3n) is 4.71. The molecule has 0 spiro atoms. The number of nitrogens with zero attached hydrogens (tertiary/aromatic N) is 3. The number of aryl methyl sites for hydroxylation is 3. The first-order chi connectivity index (χ1) is 13.1. The highest BCUT2D eigenvalue weighted by atomic mass is 32.2. The molecule has 0 aliphatic carbocycles. The normalized spacial score (nSPS) is 15.6. The van der Waals surface area contributed by atoms with Gasteiger partial charge in [-0.3, -0.25) is 14.9 Å². The van der Waals surface area contributed by atoms with Crippen LogP contribution in [0.3, 0.4) is 0 Å². The molecular weight excluding hydrogens is 386 g/mol. The van der Waals surface area contributed by atoms with Crippen molar-refractivity contribution in [3.05, 3.63) is 56.8 Å². The summed E-state index contributed by atoms with van der Waals surface area (Å²) >= 11 is 0. The van der Waals surface area contributed by atoms with Crippen LogP contribution in [0, 0.1) is 30.9 Å². The van der Waals surface area contributed by atoms with Gasteiger partial charge in [0, 0.05) is 26.2 Å². The van der Waals surface area contributed by atoms with Crippen LogP contribution in [0.2, 0.25) is 0 Å². The van der Waals surface area contributed by atoms with E-state index in [9.17, 15) is 23.3 Å². The van der Waals surface area contributed by atoms with Crippen LogP contribution in [0.25, 0.3) is 0 Å². The molecular formula is C18H21N3O6S. The largest absolute Gasteiger partial charge is 0.433 e. The molecule has 0 bridgehead atoms. The fourth-order valence-corrected chi connectivity index (χ4v) is 5.36. The minimum Gasteiger partial charge on any atom is -0.395 e. The minimum absolute atomic E-state index is 0.131. The molecule has 0 N–H and O–H groups in total. The van der Waals surface area contributed by atoms with Crippen molar-refractivity contribution < 1.29 is 22.6 Å². The van der Waals surface area contributed by atoms with E-state index in [1.54, 1.807) is 13.8 Å². The molecule has 10 heteroatoms. The number of hydrogen-bond acceptors (Lipinski definition) is 6. The van der Waals surface area contributed by atoms with Gasteiger partial charge in [-0.2, -0.15) is 4.31 Å². The summed E-state index contributed by atoms with van der Waals surface area (Å²) in [7, 11) is -3.68. The highest BCUT2D eigenvalue weighted by molar-refractivity contribution is 7.89. The first-order valence-electron chi connectivity index (χ1n) is 8.73. The number of amides is 1. The summed E-state index contributed by atoms with van der Waals surface area (Å²) < 4.78 is 32.5.